The minimum absolute atomic E-state index is 0.129. The second-order valence-electron chi connectivity index (χ2n) is 4.41. The Balaban J connectivity index is 2.00. The second kappa shape index (κ2) is 5.17. The number of halogens is 1. The van der Waals surface area contributed by atoms with Gasteiger partial charge in [-0.1, -0.05) is 5.16 Å². The van der Waals surface area contributed by atoms with Crippen LogP contribution in [0.5, 0.6) is 5.75 Å². The highest BCUT2D eigenvalue weighted by Gasteiger charge is 2.16. The molecule has 0 saturated heterocycles. The molecule has 21 heavy (non-hydrogen) atoms. The fraction of sp³-hybridized carbons (Fsp3) is 0.143. The number of hydrogen-bond acceptors (Lipinski definition) is 6. The Morgan fingerprint density at radius 2 is 2.14 bits per heavy atom. The lowest BCUT2D eigenvalue weighted by atomic mass is 10.2. The summed E-state index contributed by atoms with van der Waals surface area (Å²) in [5.74, 6) is 0.383. The molecule has 3 rings (SSSR count). The second-order valence-corrected chi connectivity index (χ2v) is 5.70. The van der Waals surface area contributed by atoms with E-state index >= 15 is 0 Å². The van der Waals surface area contributed by atoms with Crippen LogP contribution in [0.25, 0.3) is 22.8 Å². The summed E-state index contributed by atoms with van der Waals surface area (Å²) < 4.78 is 23.6. The Morgan fingerprint density at radius 3 is 2.81 bits per heavy atom. The molecule has 7 heteroatoms. The van der Waals surface area contributed by atoms with Crippen molar-refractivity contribution in [3.8, 4) is 28.6 Å². The Hall–Kier alpha value is -2.41. The van der Waals surface area contributed by atoms with E-state index in [4.69, 9.17) is 15.0 Å². The molecule has 0 spiro atoms. The molecule has 0 saturated carbocycles. The van der Waals surface area contributed by atoms with Crippen LogP contribution in [0.1, 0.15) is 4.88 Å². The van der Waals surface area contributed by atoms with Gasteiger partial charge < -0.3 is 15.0 Å². The summed E-state index contributed by atoms with van der Waals surface area (Å²) in [4.78, 5) is 5.36. The average Bonchev–Trinajstić information content (AvgIpc) is 3.06. The van der Waals surface area contributed by atoms with Gasteiger partial charge >= 0.3 is 0 Å². The first-order chi connectivity index (χ1) is 10.1. The highest BCUT2D eigenvalue weighted by atomic mass is 32.1. The summed E-state index contributed by atoms with van der Waals surface area (Å²) in [6.45, 7) is 1.95. The lowest BCUT2D eigenvalue weighted by Gasteiger charge is -2.02. The van der Waals surface area contributed by atoms with Crippen LogP contribution >= 0.6 is 11.3 Å². The summed E-state index contributed by atoms with van der Waals surface area (Å²) in [6, 6.07) is 6.27. The molecule has 5 nitrogen and oxygen atoms in total. The number of nitrogens with two attached hydrogens (primary N) is 1. The van der Waals surface area contributed by atoms with Crippen LogP contribution in [0.2, 0.25) is 0 Å². The van der Waals surface area contributed by atoms with Gasteiger partial charge in [0, 0.05) is 10.4 Å². The maximum atomic E-state index is 13.4. The van der Waals surface area contributed by atoms with Crippen LogP contribution in [0.3, 0.4) is 0 Å². The Bertz CT molecular complexity index is 797. The fourth-order valence-corrected chi connectivity index (χ4v) is 2.73. The number of nitrogen functional groups attached to an aromatic ring is 1. The van der Waals surface area contributed by atoms with E-state index in [-0.39, 0.29) is 5.75 Å². The molecular formula is C14H12FN3O2S. The van der Waals surface area contributed by atoms with E-state index in [9.17, 15) is 4.39 Å². The van der Waals surface area contributed by atoms with Crippen molar-refractivity contribution in [2.75, 3.05) is 12.8 Å². The number of ether oxygens (including phenoxy) is 1. The van der Waals surface area contributed by atoms with Crippen molar-refractivity contribution in [1.29, 1.82) is 0 Å². The molecule has 0 radical (unpaired) electrons. The van der Waals surface area contributed by atoms with E-state index in [1.165, 1.54) is 30.6 Å². The largest absolute Gasteiger partial charge is 0.494 e. The first-order valence-corrected chi connectivity index (χ1v) is 6.94. The normalized spacial score (nSPS) is 10.8. The van der Waals surface area contributed by atoms with Crippen LogP contribution in [-0.4, -0.2) is 17.3 Å². The van der Waals surface area contributed by atoms with E-state index in [2.05, 4.69) is 10.1 Å². The smallest absolute Gasteiger partial charge is 0.261 e. The zero-order valence-corrected chi connectivity index (χ0v) is 12.2. The third-order valence-corrected chi connectivity index (χ3v) is 3.83. The lowest BCUT2D eigenvalue weighted by Crippen LogP contribution is -1.89. The first-order valence-electron chi connectivity index (χ1n) is 6.12. The number of methoxy groups -OCH3 is 1. The molecule has 0 aliphatic heterocycles. The van der Waals surface area contributed by atoms with Crippen LogP contribution in [-0.2, 0) is 0 Å². The first kappa shape index (κ1) is 13.6. The van der Waals surface area contributed by atoms with Gasteiger partial charge in [0.05, 0.1) is 17.7 Å². The Morgan fingerprint density at radius 1 is 1.33 bits per heavy atom. The Labute approximate surface area is 124 Å². The van der Waals surface area contributed by atoms with Gasteiger partial charge in [-0.2, -0.15) is 4.98 Å². The highest BCUT2D eigenvalue weighted by Crippen LogP contribution is 2.34. The molecule has 2 aromatic heterocycles. The Kier molecular flexibility index (Phi) is 3.34. The van der Waals surface area contributed by atoms with E-state index in [0.29, 0.717) is 27.8 Å². The van der Waals surface area contributed by atoms with Crippen LogP contribution in [0.4, 0.5) is 9.39 Å². The molecule has 0 atom stereocenters. The van der Waals surface area contributed by atoms with Gasteiger partial charge in [-0.3, -0.25) is 0 Å². The predicted octanol–water partition coefficient (Wildman–Crippen LogP) is 3.50. The minimum atomic E-state index is -0.442. The number of thiophene rings is 1. The van der Waals surface area contributed by atoms with Gasteiger partial charge in [0.15, 0.2) is 11.6 Å². The number of nitrogens with zero attached hydrogens (tertiary/aromatic N) is 2. The summed E-state index contributed by atoms with van der Waals surface area (Å²) in [5, 5.41) is 4.53. The molecule has 0 unspecified atom stereocenters. The van der Waals surface area contributed by atoms with Crippen LogP contribution < -0.4 is 10.5 Å². The molecule has 1 aromatic carbocycles. The molecule has 0 fully saturated rings. The van der Waals surface area contributed by atoms with Crippen molar-refractivity contribution >= 4 is 16.3 Å². The lowest BCUT2D eigenvalue weighted by molar-refractivity contribution is 0.386. The van der Waals surface area contributed by atoms with Crippen molar-refractivity contribution in [3.05, 3.63) is 35.0 Å². The zero-order chi connectivity index (χ0) is 15.0. The molecule has 3 aromatic rings. The quantitative estimate of drug-likeness (QED) is 0.801. The number of benzene rings is 1. The molecule has 0 amide bonds. The van der Waals surface area contributed by atoms with Gasteiger partial charge in [-0.05, 0) is 31.2 Å². The molecule has 2 heterocycles. The van der Waals surface area contributed by atoms with Crippen LogP contribution in [0, 0.1) is 12.7 Å². The molecule has 2 N–H and O–H groups in total. The maximum absolute atomic E-state index is 13.4. The van der Waals surface area contributed by atoms with Crippen molar-refractivity contribution in [2.45, 2.75) is 6.92 Å². The standard InChI is InChI=1S/C14H12FN3O2S/c1-7-5-9(12(16)21-7)14-17-13(18-20-14)8-3-4-10(15)11(6-8)19-2/h3-6H,16H2,1-2H3. The summed E-state index contributed by atoms with van der Waals surface area (Å²) >= 11 is 1.46. The van der Waals surface area contributed by atoms with Gasteiger partial charge in [0.25, 0.3) is 5.89 Å². The van der Waals surface area contributed by atoms with Crippen molar-refractivity contribution in [1.82, 2.24) is 10.1 Å². The monoisotopic (exact) mass is 305 g/mol. The van der Waals surface area contributed by atoms with Crippen molar-refractivity contribution in [2.24, 2.45) is 0 Å². The number of aromatic nitrogens is 2. The minimum Gasteiger partial charge on any atom is -0.494 e. The summed E-state index contributed by atoms with van der Waals surface area (Å²) in [6.07, 6.45) is 0. The van der Waals surface area contributed by atoms with Crippen LogP contribution in [0.15, 0.2) is 28.8 Å². The predicted molar refractivity (Wildman–Crippen MR) is 78.7 cm³/mol. The van der Waals surface area contributed by atoms with Gasteiger partial charge in [0.2, 0.25) is 5.82 Å². The van der Waals surface area contributed by atoms with E-state index in [1.807, 2.05) is 13.0 Å². The maximum Gasteiger partial charge on any atom is 0.261 e. The average molecular weight is 305 g/mol. The van der Waals surface area contributed by atoms with Crippen molar-refractivity contribution < 1.29 is 13.7 Å². The number of aryl methyl sites for hydroxylation is 1. The molecule has 108 valence electrons. The molecule has 0 aliphatic carbocycles. The highest BCUT2D eigenvalue weighted by molar-refractivity contribution is 7.16. The van der Waals surface area contributed by atoms with Gasteiger partial charge in [-0.25, -0.2) is 4.39 Å². The van der Waals surface area contributed by atoms with Gasteiger partial charge in [0.1, 0.15) is 0 Å². The third-order valence-electron chi connectivity index (χ3n) is 2.95. The summed E-state index contributed by atoms with van der Waals surface area (Å²) in [7, 11) is 1.40. The fourth-order valence-electron chi connectivity index (χ4n) is 1.95. The number of hydrogen-bond donors (Lipinski definition) is 1. The van der Waals surface area contributed by atoms with Crippen molar-refractivity contribution in [3.63, 3.8) is 0 Å². The SMILES string of the molecule is COc1cc(-c2noc(-c3cc(C)sc3N)n2)ccc1F. The zero-order valence-electron chi connectivity index (χ0n) is 11.4. The number of anilines is 1. The van der Waals surface area contributed by atoms with E-state index in [1.54, 1.807) is 6.07 Å². The van der Waals surface area contributed by atoms with E-state index < -0.39 is 5.82 Å². The topological polar surface area (TPSA) is 74.2 Å². The van der Waals surface area contributed by atoms with E-state index in [0.717, 1.165) is 4.88 Å². The molecule has 0 aliphatic rings. The molecule has 0 bridgehead atoms. The molecular weight excluding hydrogens is 293 g/mol. The number of rotatable bonds is 3. The third kappa shape index (κ3) is 2.47. The van der Waals surface area contributed by atoms with Gasteiger partial charge in [-0.15, -0.1) is 11.3 Å². The summed E-state index contributed by atoms with van der Waals surface area (Å²) in [5.41, 5.74) is 7.23.